The zero-order valence-electron chi connectivity index (χ0n) is 8.89. The summed E-state index contributed by atoms with van der Waals surface area (Å²) in [6.45, 7) is 3.30. The fraction of sp³-hybridized carbons (Fsp3) is 0.833. The second kappa shape index (κ2) is 7.14. The third kappa shape index (κ3) is 5.09. The van der Waals surface area contributed by atoms with E-state index in [2.05, 4.69) is 24.4 Å². The maximum Gasteiger partial charge on any atom is 0.0137 e. The molecule has 0 aromatic heterocycles. The molecule has 0 saturated heterocycles. The zero-order chi connectivity index (χ0) is 9.36. The summed E-state index contributed by atoms with van der Waals surface area (Å²) in [5.74, 6) is 0. The molecule has 1 aliphatic rings. The SMILES string of the molecule is CCC/C=C/CNC1CCCCC1. The van der Waals surface area contributed by atoms with Crippen LogP contribution in [-0.2, 0) is 0 Å². The molecular weight excluding hydrogens is 158 g/mol. The van der Waals surface area contributed by atoms with Crippen LogP contribution in [0.5, 0.6) is 0 Å². The number of hydrogen-bond donors (Lipinski definition) is 1. The normalized spacial score (nSPS) is 19.8. The lowest BCUT2D eigenvalue weighted by Crippen LogP contribution is -2.30. The van der Waals surface area contributed by atoms with Crippen LogP contribution in [0.15, 0.2) is 12.2 Å². The van der Waals surface area contributed by atoms with Crippen molar-refractivity contribution in [1.29, 1.82) is 0 Å². The van der Waals surface area contributed by atoms with Crippen LogP contribution in [0.2, 0.25) is 0 Å². The lowest BCUT2D eigenvalue weighted by molar-refractivity contribution is 0.385. The van der Waals surface area contributed by atoms with Gasteiger partial charge in [0.2, 0.25) is 0 Å². The van der Waals surface area contributed by atoms with Crippen LogP contribution in [0.1, 0.15) is 51.9 Å². The van der Waals surface area contributed by atoms with Crippen molar-refractivity contribution in [1.82, 2.24) is 5.32 Å². The summed E-state index contributed by atoms with van der Waals surface area (Å²) in [5.41, 5.74) is 0. The van der Waals surface area contributed by atoms with E-state index in [9.17, 15) is 0 Å². The quantitative estimate of drug-likeness (QED) is 0.642. The first-order valence-electron chi connectivity index (χ1n) is 5.82. The molecule has 1 fully saturated rings. The van der Waals surface area contributed by atoms with Gasteiger partial charge in [-0.2, -0.15) is 0 Å². The molecule has 76 valence electrons. The summed E-state index contributed by atoms with van der Waals surface area (Å²) in [6, 6.07) is 0.806. The minimum absolute atomic E-state index is 0.806. The second-order valence-electron chi connectivity index (χ2n) is 4.00. The Balaban J connectivity index is 1.97. The molecular formula is C12H23N. The highest BCUT2D eigenvalue weighted by molar-refractivity contribution is 4.85. The van der Waals surface area contributed by atoms with Gasteiger partial charge in [-0.3, -0.25) is 0 Å². The number of hydrogen-bond acceptors (Lipinski definition) is 1. The third-order valence-electron chi connectivity index (χ3n) is 2.75. The molecule has 1 aliphatic carbocycles. The monoisotopic (exact) mass is 181 g/mol. The minimum atomic E-state index is 0.806. The Hall–Kier alpha value is -0.300. The first-order valence-corrected chi connectivity index (χ1v) is 5.82. The fourth-order valence-electron chi connectivity index (χ4n) is 1.91. The van der Waals surface area contributed by atoms with Crippen molar-refractivity contribution in [3.8, 4) is 0 Å². The zero-order valence-corrected chi connectivity index (χ0v) is 8.89. The summed E-state index contributed by atoms with van der Waals surface area (Å²) in [4.78, 5) is 0. The van der Waals surface area contributed by atoms with E-state index in [0.29, 0.717) is 0 Å². The van der Waals surface area contributed by atoms with Crippen molar-refractivity contribution in [2.75, 3.05) is 6.54 Å². The molecule has 0 unspecified atom stereocenters. The van der Waals surface area contributed by atoms with Crippen LogP contribution >= 0.6 is 0 Å². The average Bonchev–Trinajstić information content (AvgIpc) is 2.19. The average molecular weight is 181 g/mol. The van der Waals surface area contributed by atoms with Crippen molar-refractivity contribution in [3.63, 3.8) is 0 Å². The molecule has 0 atom stereocenters. The van der Waals surface area contributed by atoms with E-state index in [1.165, 1.54) is 44.9 Å². The highest BCUT2D eigenvalue weighted by Gasteiger charge is 2.10. The van der Waals surface area contributed by atoms with Gasteiger partial charge in [-0.15, -0.1) is 0 Å². The molecule has 0 aromatic carbocycles. The molecule has 0 heterocycles. The summed E-state index contributed by atoms with van der Waals surface area (Å²) in [7, 11) is 0. The highest BCUT2D eigenvalue weighted by atomic mass is 14.9. The first-order chi connectivity index (χ1) is 6.43. The number of allylic oxidation sites excluding steroid dienone is 1. The molecule has 13 heavy (non-hydrogen) atoms. The van der Waals surface area contributed by atoms with Gasteiger partial charge in [-0.05, 0) is 19.3 Å². The van der Waals surface area contributed by atoms with E-state index >= 15 is 0 Å². The smallest absolute Gasteiger partial charge is 0.0137 e. The van der Waals surface area contributed by atoms with Crippen molar-refractivity contribution >= 4 is 0 Å². The van der Waals surface area contributed by atoms with Crippen molar-refractivity contribution < 1.29 is 0 Å². The Bertz CT molecular complexity index is 134. The lowest BCUT2D eigenvalue weighted by atomic mass is 9.95. The van der Waals surface area contributed by atoms with Crippen molar-refractivity contribution in [3.05, 3.63) is 12.2 Å². The summed E-state index contributed by atoms with van der Waals surface area (Å²) < 4.78 is 0. The van der Waals surface area contributed by atoms with Crippen molar-refractivity contribution in [2.45, 2.75) is 57.9 Å². The van der Waals surface area contributed by atoms with Gasteiger partial charge in [-0.1, -0.05) is 44.8 Å². The van der Waals surface area contributed by atoms with E-state index in [1.54, 1.807) is 0 Å². The molecule has 0 aromatic rings. The minimum Gasteiger partial charge on any atom is -0.311 e. The van der Waals surface area contributed by atoms with E-state index in [4.69, 9.17) is 0 Å². The Kier molecular flexibility index (Phi) is 5.92. The van der Waals surface area contributed by atoms with Gasteiger partial charge in [0.25, 0.3) is 0 Å². The predicted molar refractivity (Wildman–Crippen MR) is 58.9 cm³/mol. The van der Waals surface area contributed by atoms with E-state index < -0.39 is 0 Å². The van der Waals surface area contributed by atoms with E-state index in [-0.39, 0.29) is 0 Å². The first kappa shape index (κ1) is 10.8. The Labute approximate surface area is 82.6 Å². The molecule has 0 spiro atoms. The summed E-state index contributed by atoms with van der Waals surface area (Å²) >= 11 is 0. The molecule has 1 saturated carbocycles. The van der Waals surface area contributed by atoms with E-state index in [1.807, 2.05) is 0 Å². The topological polar surface area (TPSA) is 12.0 Å². The molecule has 1 N–H and O–H groups in total. The largest absolute Gasteiger partial charge is 0.311 e. The Morgan fingerprint density at radius 2 is 1.92 bits per heavy atom. The van der Waals surface area contributed by atoms with Gasteiger partial charge in [0.15, 0.2) is 0 Å². The van der Waals surface area contributed by atoms with E-state index in [0.717, 1.165) is 12.6 Å². The number of rotatable bonds is 5. The van der Waals surface area contributed by atoms with Crippen molar-refractivity contribution in [2.24, 2.45) is 0 Å². The third-order valence-corrected chi connectivity index (χ3v) is 2.75. The summed E-state index contributed by atoms with van der Waals surface area (Å²) in [6.07, 6.45) is 14.1. The molecule has 0 radical (unpaired) electrons. The Morgan fingerprint density at radius 1 is 1.15 bits per heavy atom. The second-order valence-corrected chi connectivity index (χ2v) is 4.00. The van der Waals surface area contributed by atoms with Crippen LogP contribution in [0.4, 0.5) is 0 Å². The standard InChI is InChI=1S/C12H23N/c1-2-3-4-8-11-13-12-9-6-5-7-10-12/h4,8,12-13H,2-3,5-7,9-11H2,1H3/b8-4+. The maximum absolute atomic E-state index is 3.59. The highest BCUT2D eigenvalue weighted by Crippen LogP contribution is 2.16. The molecule has 0 aliphatic heterocycles. The number of nitrogens with one attached hydrogen (secondary N) is 1. The Morgan fingerprint density at radius 3 is 2.62 bits per heavy atom. The van der Waals surface area contributed by atoms with Crippen LogP contribution in [-0.4, -0.2) is 12.6 Å². The van der Waals surface area contributed by atoms with Crippen LogP contribution in [0.3, 0.4) is 0 Å². The van der Waals surface area contributed by atoms with Gasteiger partial charge in [0.1, 0.15) is 0 Å². The van der Waals surface area contributed by atoms with Gasteiger partial charge >= 0.3 is 0 Å². The van der Waals surface area contributed by atoms with Crippen LogP contribution in [0.25, 0.3) is 0 Å². The fourth-order valence-corrected chi connectivity index (χ4v) is 1.91. The molecule has 0 amide bonds. The van der Waals surface area contributed by atoms with Gasteiger partial charge < -0.3 is 5.32 Å². The van der Waals surface area contributed by atoms with Crippen LogP contribution < -0.4 is 5.32 Å². The molecule has 0 bridgehead atoms. The summed E-state index contributed by atoms with van der Waals surface area (Å²) in [5, 5.41) is 3.59. The van der Waals surface area contributed by atoms with Crippen LogP contribution in [0, 0.1) is 0 Å². The molecule has 1 nitrogen and oxygen atoms in total. The lowest BCUT2D eigenvalue weighted by Gasteiger charge is -2.21. The maximum atomic E-state index is 3.59. The van der Waals surface area contributed by atoms with Gasteiger partial charge in [-0.25, -0.2) is 0 Å². The number of unbranched alkanes of at least 4 members (excludes halogenated alkanes) is 1. The molecule has 1 heteroatoms. The predicted octanol–water partition coefficient (Wildman–Crippen LogP) is 3.27. The molecule has 1 rings (SSSR count). The van der Waals surface area contributed by atoms with Gasteiger partial charge in [0, 0.05) is 12.6 Å². The van der Waals surface area contributed by atoms with Gasteiger partial charge in [0.05, 0.1) is 0 Å².